The molecule has 0 unspecified atom stereocenters. The summed E-state index contributed by atoms with van der Waals surface area (Å²) < 4.78 is 22.8. The molecule has 1 aromatic carbocycles. The quantitative estimate of drug-likeness (QED) is 0.923. The summed E-state index contributed by atoms with van der Waals surface area (Å²) in [5, 5.41) is 3.34. The van der Waals surface area contributed by atoms with Gasteiger partial charge in [0.2, 0.25) is 0 Å². The van der Waals surface area contributed by atoms with Crippen molar-refractivity contribution in [1.29, 1.82) is 0 Å². The van der Waals surface area contributed by atoms with Gasteiger partial charge in [-0.25, -0.2) is 8.42 Å². The van der Waals surface area contributed by atoms with Gasteiger partial charge in [-0.1, -0.05) is 19.9 Å². The molecule has 0 saturated heterocycles. The van der Waals surface area contributed by atoms with Crippen LogP contribution in [0.4, 0.5) is 5.69 Å². The van der Waals surface area contributed by atoms with Gasteiger partial charge in [-0.15, -0.1) is 0 Å². The van der Waals surface area contributed by atoms with Crippen LogP contribution in [0.1, 0.15) is 19.4 Å². The first-order valence-electron chi connectivity index (χ1n) is 6.73. The first-order chi connectivity index (χ1) is 9.79. The zero-order valence-electron chi connectivity index (χ0n) is 12.5. The van der Waals surface area contributed by atoms with E-state index in [1.165, 1.54) is 6.26 Å². The van der Waals surface area contributed by atoms with Crippen molar-refractivity contribution in [3.63, 3.8) is 0 Å². The first kappa shape index (κ1) is 15.5. The number of hydrogen-bond acceptors (Lipinski definition) is 4. The maximum Gasteiger partial charge on any atom is 0.175 e. The highest BCUT2D eigenvalue weighted by Gasteiger charge is 2.20. The third-order valence-electron chi connectivity index (χ3n) is 3.46. The number of hydrogen-bond donors (Lipinski definition) is 1. The second-order valence-corrected chi connectivity index (χ2v) is 7.79. The number of nitrogens with one attached hydrogen (secondary N) is 1. The fraction of sp³-hybridized carbons (Fsp3) is 0.312. The van der Waals surface area contributed by atoms with Crippen LogP contribution in [-0.2, 0) is 15.3 Å². The second kappa shape index (κ2) is 5.85. The van der Waals surface area contributed by atoms with E-state index < -0.39 is 9.84 Å². The fourth-order valence-electron chi connectivity index (χ4n) is 2.01. The Hall–Kier alpha value is -1.88. The molecule has 21 heavy (non-hydrogen) atoms. The third kappa shape index (κ3) is 4.04. The zero-order chi connectivity index (χ0) is 15.5. The van der Waals surface area contributed by atoms with E-state index in [4.69, 9.17) is 0 Å². The van der Waals surface area contributed by atoms with Crippen molar-refractivity contribution in [3.05, 3.63) is 54.4 Å². The van der Waals surface area contributed by atoms with E-state index in [-0.39, 0.29) is 5.41 Å². The van der Waals surface area contributed by atoms with Crippen molar-refractivity contribution >= 4 is 15.5 Å². The average molecular weight is 304 g/mol. The topological polar surface area (TPSA) is 59.1 Å². The third-order valence-corrected chi connectivity index (χ3v) is 4.59. The normalized spacial score (nSPS) is 12.1. The molecule has 1 heterocycles. The smallest absolute Gasteiger partial charge is 0.175 e. The molecule has 0 aliphatic heterocycles. The van der Waals surface area contributed by atoms with Crippen LogP contribution in [0.25, 0.3) is 0 Å². The van der Waals surface area contributed by atoms with E-state index in [9.17, 15) is 8.42 Å². The van der Waals surface area contributed by atoms with E-state index in [2.05, 4.69) is 30.2 Å². The zero-order valence-corrected chi connectivity index (χ0v) is 13.3. The monoisotopic (exact) mass is 304 g/mol. The largest absolute Gasteiger partial charge is 0.384 e. The SMILES string of the molecule is CC(C)(CNc1ccc(S(C)(=O)=O)cc1)c1cccnc1. The van der Waals surface area contributed by atoms with Crippen molar-refractivity contribution in [2.45, 2.75) is 24.2 Å². The predicted octanol–water partition coefficient (Wildman–Crippen LogP) is 2.87. The lowest BCUT2D eigenvalue weighted by Crippen LogP contribution is -2.27. The van der Waals surface area contributed by atoms with Crippen molar-refractivity contribution in [1.82, 2.24) is 4.98 Å². The molecule has 2 aromatic rings. The summed E-state index contributed by atoms with van der Waals surface area (Å²) >= 11 is 0. The van der Waals surface area contributed by atoms with Crippen LogP contribution in [0.3, 0.4) is 0 Å². The van der Waals surface area contributed by atoms with Gasteiger partial charge in [-0.05, 0) is 35.9 Å². The van der Waals surface area contributed by atoms with Gasteiger partial charge in [0, 0.05) is 36.3 Å². The van der Waals surface area contributed by atoms with E-state index in [0.29, 0.717) is 4.90 Å². The Morgan fingerprint density at radius 3 is 2.33 bits per heavy atom. The summed E-state index contributed by atoms with van der Waals surface area (Å²) in [6.45, 7) is 5.01. The van der Waals surface area contributed by atoms with E-state index >= 15 is 0 Å². The van der Waals surface area contributed by atoms with Crippen LogP contribution < -0.4 is 5.32 Å². The molecule has 0 saturated carbocycles. The van der Waals surface area contributed by atoms with Gasteiger partial charge in [0.15, 0.2) is 9.84 Å². The van der Waals surface area contributed by atoms with Gasteiger partial charge >= 0.3 is 0 Å². The van der Waals surface area contributed by atoms with E-state index in [1.807, 2.05) is 12.3 Å². The molecule has 0 aliphatic rings. The van der Waals surface area contributed by atoms with Gasteiger partial charge in [0.25, 0.3) is 0 Å². The molecule has 0 fully saturated rings. The molecule has 0 aliphatic carbocycles. The highest BCUT2D eigenvalue weighted by atomic mass is 32.2. The Kier molecular flexibility index (Phi) is 4.32. The molecule has 0 radical (unpaired) electrons. The van der Waals surface area contributed by atoms with Crippen LogP contribution in [0.5, 0.6) is 0 Å². The number of aromatic nitrogens is 1. The summed E-state index contributed by atoms with van der Waals surface area (Å²) in [7, 11) is -3.14. The lowest BCUT2D eigenvalue weighted by atomic mass is 9.85. The lowest BCUT2D eigenvalue weighted by Gasteiger charge is -2.25. The van der Waals surface area contributed by atoms with Crippen LogP contribution in [0.2, 0.25) is 0 Å². The molecule has 4 nitrogen and oxygen atoms in total. The minimum Gasteiger partial charge on any atom is -0.384 e. The number of nitrogens with zero attached hydrogens (tertiary/aromatic N) is 1. The molecule has 0 bridgehead atoms. The molecule has 112 valence electrons. The lowest BCUT2D eigenvalue weighted by molar-refractivity contribution is 0.555. The average Bonchev–Trinajstić information content (AvgIpc) is 2.46. The van der Waals surface area contributed by atoms with Crippen LogP contribution in [0, 0.1) is 0 Å². The second-order valence-electron chi connectivity index (χ2n) is 5.78. The number of rotatable bonds is 5. The summed E-state index contributed by atoms with van der Waals surface area (Å²) in [6, 6.07) is 10.8. The van der Waals surface area contributed by atoms with Crippen LogP contribution >= 0.6 is 0 Å². The Labute approximate surface area is 126 Å². The molecular formula is C16H20N2O2S. The van der Waals surface area contributed by atoms with Crippen LogP contribution in [-0.4, -0.2) is 26.2 Å². The summed E-state index contributed by atoms with van der Waals surface area (Å²) in [6.07, 6.45) is 4.84. The summed E-state index contributed by atoms with van der Waals surface area (Å²) in [5.74, 6) is 0. The number of sulfone groups is 1. The molecule has 1 N–H and O–H groups in total. The van der Waals surface area contributed by atoms with E-state index in [0.717, 1.165) is 17.8 Å². The van der Waals surface area contributed by atoms with Gasteiger partial charge in [-0.3, -0.25) is 4.98 Å². The molecular weight excluding hydrogens is 284 g/mol. The first-order valence-corrected chi connectivity index (χ1v) is 8.63. The van der Waals surface area contributed by atoms with Crippen molar-refractivity contribution in [2.24, 2.45) is 0 Å². The fourth-order valence-corrected chi connectivity index (χ4v) is 2.64. The van der Waals surface area contributed by atoms with E-state index in [1.54, 1.807) is 30.5 Å². The van der Waals surface area contributed by atoms with Crippen LogP contribution in [0.15, 0.2) is 53.7 Å². The Morgan fingerprint density at radius 1 is 1.14 bits per heavy atom. The van der Waals surface area contributed by atoms with Gasteiger partial charge in [-0.2, -0.15) is 0 Å². The Morgan fingerprint density at radius 2 is 1.81 bits per heavy atom. The number of anilines is 1. The molecule has 5 heteroatoms. The Bertz CT molecular complexity index is 693. The maximum atomic E-state index is 11.4. The number of benzene rings is 1. The molecule has 2 rings (SSSR count). The van der Waals surface area contributed by atoms with Gasteiger partial charge in [0.1, 0.15) is 0 Å². The van der Waals surface area contributed by atoms with Gasteiger partial charge in [0.05, 0.1) is 4.90 Å². The summed E-state index contributed by atoms with van der Waals surface area (Å²) in [5.41, 5.74) is 1.99. The highest BCUT2D eigenvalue weighted by molar-refractivity contribution is 7.90. The Balaban J connectivity index is 2.06. The minimum absolute atomic E-state index is 0.0657. The van der Waals surface area contributed by atoms with Crippen molar-refractivity contribution < 1.29 is 8.42 Å². The van der Waals surface area contributed by atoms with Crippen molar-refractivity contribution in [2.75, 3.05) is 18.1 Å². The molecule has 0 spiro atoms. The molecule has 0 amide bonds. The summed E-state index contributed by atoms with van der Waals surface area (Å²) in [4.78, 5) is 4.48. The highest BCUT2D eigenvalue weighted by Crippen LogP contribution is 2.23. The number of pyridine rings is 1. The minimum atomic E-state index is -3.14. The predicted molar refractivity (Wildman–Crippen MR) is 85.3 cm³/mol. The standard InChI is InChI=1S/C16H20N2O2S/c1-16(2,13-5-4-10-17-11-13)12-18-14-6-8-15(9-7-14)21(3,19)20/h4-11,18H,12H2,1-3H3. The maximum absolute atomic E-state index is 11.4. The van der Waals surface area contributed by atoms with Gasteiger partial charge < -0.3 is 5.32 Å². The van der Waals surface area contributed by atoms with Crippen molar-refractivity contribution in [3.8, 4) is 0 Å². The molecule has 0 atom stereocenters. The molecule has 1 aromatic heterocycles.